The summed E-state index contributed by atoms with van der Waals surface area (Å²) in [6.07, 6.45) is 1.44. The molecule has 4 nitrogen and oxygen atoms in total. The molecule has 0 saturated carbocycles. The lowest BCUT2D eigenvalue weighted by Gasteiger charge is -2.15. The molecule has 1 amide bonds. The number of rotatable bonds is 4. The van der Waals surface area contributed by atoms with E-state index >= 15 is 0 Å². The fraction of sp³-hybridized carbons (Fsp3) is 0.333. The minimum atomic E-state index is -0.681. The SMILES string of the molecule is CC(C)c1[nH]ncc1C(=O)N[C@H](C)c1ccc(F)cc1F. The molecule has 2 aromatic rings. The summed E-state index contributed by atoms with van der Waals surface area (Å²) in [6, 6.07) is 2.72. The van der Waals surface area contributed by atoms with Crippen molar-refractivity contribution in [2.75, 3.05) is 0 Å². The lowest BCUT2D eigenvalue weighted by molar-refractivity contribution is 0.0938. The fourth-order valence-corrected chi connectivity index (χ4v) is 2.12. The lowest BCUT2D eigenvalue weighted by Crippen LogP contribution is -2.28. The predicted octanol–water partition coefficient (Wildman–Crippen LogP) is 3.30. The van der Waals surface area contributed by atoms with E-state index in [2.05, 4.69) is 15.5 Å². The Hall–Kier alpha value is -2.24. The van der Waals surface area contributed by atoms with E-state index in [1.807, 2.05) is 13.8 Å². The van der Waals surface area contributed by atoms with Gasteiger partial charge in [0.05, 0.1) is 23.5 Å². The van der Waals surface area contributed by atoms with Crippen LogP contribution < -0.4 is 5.32 Å². The Morgan fingerprint density at radius 2 is 2.00 bits per heavy atom. The molecule has 2 rings (SSSR count). The summed E-state index contributed by atoms with van der Waals surface area (Å²) < 4.78 is 26.6. The summed E-state index contributed by atoms with van der Waals surface area (Å²) in [5, 5.41) is 9.34. The van der Waals surface area contributed by atoms with Crippen molar-refractivity contribution >= 4 is 5.91 Å². The number of aromatic nitrogens is 2. The van der Waals surface area contributed by atoms with E-state index in [4.69, 9.17) is 0 Å². The molecule has 0 unspecified atom stereocenters. The Morgan fingerprint density at radius 1 is 1.29 bits per heavy atom. The molecule has 1 atom stereocenters. The first kappa shape index (κ1) is 15.2. The molecule has 0 spiro atoms. The van der Waals surface area contributed by atoms with Gasteiger partial charge in [-0.25, -0.2) is 8.78 Å². The van der Waals surface area contributed by atoms with Crippen LogP contribution in [0.5, 0.6) is 0 Å². The zero-order valence-electron chi connectivity index (χ0n) is 12.1. The van der Waals surface area contributed by atoms with Crippen molar-refractivity contribution in [1.29, 1.82) is 0 Å². The molecule has 0 fully saturated rings. The Bertz CT molecular complexity index is 652. The van der Waals surface area contributed by atoms with Crippen molar-refractivity contribution in [3.05, 3.63) is 52.9 Å². The second-order valence-electron chi connectivity index (χ2n) is 5.21. The van der Waals surface area contributed by atoms with Crippen molar-refractivity contribution < 1.29 is 13.6 Å². The molecule has 0 radical (unpaired) electrons. The van der Waals surface area contributed by atoms with Gasteiger partial charge in [0.25, 0.3) is 5.91 Å². The van der Waals surface area contributed by atoms with E-state index in [1.54, 1.807) is 6.92 Å². The van der Waals surface area contributed by atoms with Gasteiger partial charge >= 0.3 is 0 Å². The molecule has 0 aliphatic rings. The second-order valence-corrected chi connectivity index (χ2v) is 5.21. The largest absolute Gasteiger partial charge is 0.345 e. The van der Waals surface area contributed by atoms with E-state index in [0.717, 1.165) is 11.8 Å². The van der Waals surface area contributed by atoms with E-state index in [-0.39, 0.29) is 17.4 Å². The van der Waals surface area contributed by atoms with Gasteiger partial charge in [-0.2, -0.15) is 5.10 Å². The van der Waals surface area contributed by atoms with E-state index in [9.17, 15) is 13.6 Å². The highest BCUT2D eigenvalue weighted by Crippen LogP contribution is 2.20. The molecule has 2 N–H and O–H groups in total. The van der Waals surface area contributed by atoms with Crippen LogP contribution in [-0.2, 0) is 0 Å². The van der Waals surface area contributed by atoms with Gasteiger partial charge in [0, 0.05) is 11.6 Å². The van der Waals surface area contributed by atoms with Crippen LogP contribution in [0.15, 0.2) is 24.4 Å². The van der Waals surface area contributed by atoms with Crippen molar-refractivity contribution in [3.8, 4) is 0 Å². The summed E-state index contributed by atoms with van der Waals surface area (Å²) >= 11 is 0. The summed E-state index contributed by atoms with van der Waals surface area (Å²) in [6.45, 7) is 5.52. The van der Waals surface area contributed by atoms with Crippen LogP contribution in [0.3, 0.4) is 0 Å². The van der Waals surface area contributed by atoms with Crippen molar-refractivity contribution in [2.24, 2.45) is 0 Å². The van der Waals surface area contributed by atoms with Crippen LogP contribution in [-0.4, -0.2) is 16.1 Å². The van der Waals surface area contributed by atoms with Gasteiger partial charge in [-0.15, -0.1) is 0 Å². The topological polar surface area (TPSA) is 57.8 Å². The lowest BCUT2D eigenvalue weighted by atomic mass is 10.0. The standard InChI is InChI=1S/C15H17F2N3O/c1-8(2)14-12(7-18-20-14)15(21)19-9(3)11-5-4-10(16)6-13(11)17/h4-9H,1-3H3,(H,18,20)(H,19,21)/t9-/m1/s1. The Balaban J connectivity index is 2.17. The number of benzene rings is 1. The first-order valence-electron chi connectivity index (χ1n) is 6.69. The van der Waals surface area contributed by atoms with Gasteiger partial charge in [-0.1, -0.05) is 19.9 Å². The third-order valence-electron chi connectivity index (χ3n) is 3.27. The molecule has 0 saturated heterocycles. The van der Waals surface area contributed by atoms with Crippen LogP contribution in [0.2, 0.25) is 0 Å². The van der Waals surface area contributed by atoms with Crippen LogP contribution in [0.4, 0.5) is 8.78 Å². The van der Waals surface area contributed by atoms with Gasteiger partial charge in [0.15, 0.2) is 0 Å². The number of carbonyl (C=O) groups excluding carboxylic acids is 1. The number of amides is 1. The molecule has 1 heterocycles. The van der Waals surface area contributed by atoms with Crippen molar-refractivity contribution in [3.63, 3.8) is 0 Å². The summed E-state index contributed by atoms with van der Waals surface area (Å²) in [7, 11) is 0. The van der Waals surface area contributed by atoms with Crippen molar-refractivity contribution in [1.82, 2.24) is 15.5 Å². The maximum absolute atomic E-state index is 13.7. The zero-order valence-corrected chi connectivity index (χ0v) is 12.1. The normalized spacial score (nSPS) is 12.5. The van der Waals surface area contributed by atoms with Crippen LogP contribution in [0.25, 0.3) is 0 Å². The van der Waals surface area contributed by atoms with Crippen molar-refractivity contribution in [2.45, 2.75) is 32.7 Å². The third kappa shape index (κ3) is 3.26. The molecular formula is C15H17F2N3O. The zero-order chi connectivity index (χ0) is 15.6. The highest BCUT2D eigenvalue weighted by molar-refractivity contribution is 5.95. The average Bonchev–Trinajstić information content (AvgIpc) is 2.87. The summed E-state index contributed by atoms with van der Waals surface area (Å²) in [5.41, 5.74) is 1.39. The van der Waals surface area contributed by atoms with Gasteiger partial charge in [0.2, 0.25) is 0 Å². The fourth-order valence-electron chi connectivity index (χ4n) is 2.12. The molecular weight excluding hydrogens is 276 g/mol. The molecule has 0 aliphatic carbocycles. The van der Waals surface area contributed by atoms with Gasteiger partial charge < -0.3 is 5.32 Å². The van der Waals surface area contributed by atoms with Crippen LogP contribution in [0.1, 0.15) is 54.3 Å². The number of aromatic amines is 1. The van der Waals surface area contributed by atoms with E-state index in [1.165, 1.54) is 18.3 Å². The number of halogens is 2. The molecule has 21 heavy (non-hydrogen) atoms. The Kier molecular flexibility index (Phi) is 4.35. The molecule has 1 aromatic heterocycles. The molecule has 6 heteroatoms. The summed E-state index contributed by atoms with van der Waals surface area (Å²) in [4.78, 5) is 12.2. The minimum Gasteiger partial charge on any atom is -0.345 e. The predicted molar refractivity (Wildman–Crippen MR) is 74.9 cm³/mol. The maximum Gasteiger partial charge on any atom is 0.255 e. The van der Waals surface area contributed by atoms with E-state index in [0.29, 0.717) is 5.56 Å². The Labute approximate surface area is 121 Å². The first-order valence-corrected chi connectivity index (χ1v) is 6.69. The number of H-pyrrole nitrogens is 1. The smallest absolute Gasteiger partial charge is 0.255 e. The maximum atomic E-state index is 13.7. The van der Waals surface area contributed by atoms with Gasteiger partial charge in [-0.3, -0.25) is 9.89 Å². The highest BCUT2D eigenvalue weighted by Gasteiger charge is 2.19. The molecule has 0 aliphatic heterocycles. The third-order valence-corrected chi connectivity index (χ3v) is 3.27. The number of hydrogen-bond acceptors (Lipinski definition) is 2. The van der Waals surface area contributed by atoms with Crippen LogP contribution in [0, 0.1) is 11.6 Å². The van der Waals surface area contributed by atoms with Gasteiger partial charge in [0.1, 0.15) is 11.6 Å². The molecule has 112 valence electrons. The average molecular weight is 293 g/mol. The molecule has 0 bridgehead atoms. The first-order chi connectivity index (χ1) is 9.90. The number of hydrogen-bond donors (Lipinski definition) is 2. The molecule has 1 aromatic carbocycles. The number of nitrogens with one attached hydrogen (secondary N) is 2. The minimum absolute atomic E-state index is 0.117. The monoisotopic (exact) mass is 293 g/mol. The van der Waals surface area contributed by atoms with Crippen LogP contribution >= 0.6 is 0 Å². The number of nitrogens with zero attached hydrogens (tertiary/aromatic N) is 1. The van der Waals surface area contributed by atoms with E-state index < -0.39 is 17.7 Å². The second kappa shape index (κ2) is 6.03. The highest BCUT2D eigenvalue weighted by atomic mass is 19.1. The quantitative estimate of drug-likeness (QED) is 0.908. The Morgan fingerprint density at radius 3 is 2.62 bits per heavy atom. The number of carbonyl (C=O) groups is 1. The van der Waals surface area contributed by atoms with Gasteiger partial charge in [-0.05, 0) is 18.9 Å². The summed E-state index contributed by atoms with van der Waals surface area (Å²) in [5.74, 6) is -1.56.